The fourth-order valence-corrected chi connectivity index (χ4v) is 5.28. The minimum absolute atomic E-state index is 0.0286. The van der Waals surface area contributed by atoms with E-state index in [0.29, 0.717) is 55.8 Å². The number of carbonyl (C=O) groups is 3. The van der Waals surface area contributed by atoms with Crippen molar-refractivity contribution in [3.63, 3.8) is 0 Å². The van der Waals surface area contributed by atoms with Crippen molar-refractivity contribution in [1.82, 2.24) is 15.5 Å². The van der Waals surface area contributed by atoms with E-state index in [1.807, 2.05) is 13.0 Å². The molecule has 2 heterocycles. The average Bonchev–Trinajstić information content (AvgIpc) is 2.91. The number of nitrogens with one attached hydrogen (secondary N) is 2. The van der Waals surface area contributed by atoms with Crippen LogP contribution in [0, 0.1) is 11.2 Å². The first-order valence-electron chi connectivity index (χ1n) is 13.4. The molecule has 1 fully saturated rings. The summed E-state index contributed by atoms with van der Waals surface area (Å²) in [6.45, 7) is 3.47. The number of hydrogen-bond acceptors (Lipinski definition) is 5. The predicted octanol–water partition coefficient (Wildman–Crippen LogP) is 2.80. The Bertz CT molecular complexity index is 1150. The molecule has 4 N–H and O–H groups in total. The zero-order valence-electron chi connectivity index (χ0n) is 21.9. The molecule has 3 amide bonds. The van der Waals surface area contributed by atoms with Gasteiger partial charge in [0, 0.05) is 19.6 Å². The molecule has 0 bridgehead atoms. The third-order valence-corrected chi connectivity index (χ3v) is 7.54. The smallest absolute Gasteiger partial charge is 0.255 e. The van der Waals surface area contributed by atoms with Crippen molar-refractivity contribution >= 4 is 17.7 Å². The third kappa shape index (κ3) is 6.69. The number of para-hydroxylation sites is 1. The number of rotatable bonds is 3. The summed E-state index contributed by atoms with van der Waals surface area (Å²) in [6.07, 6.45) is 3.48. The van der Waals surface area contributed by atoms with Gasteiger partial charge in [0.25, 0.3) is 5.91 Å². The number of hydrogen-bond donors (Lipinski definition) is 3. The van der Waals surface area contributed by atoms with Crippen molar-refractivity contribution in [3.05, 3.63) is 65.5 Å². The number of fused-ring (bicyclic) bond motifs is 1. The van der Waals surface area contributed by atoms with Crippen molar-refractivity contribution in [1.29, 1.82) is 0 Å². The van der Waals surface area contributed by atoms with Gasteiger partial charge in [-0.15, -0.1) is 0 Å². The highest BCUT2D eigenvalue weighted by Crippen LogP contribution is 2.37. The first kappa shape index (κ1) is 27.6. The van der Waals surface area contributed by atoms with Crippen molar-refractivity contribution < 1.29 is 23.5 Å². The van der Waals surface area contributed by atoms with Gasteiger partial charge in [-0.05, 0) is 68.9 Å². The summed E-state index contributed by atoms with van der Waals surface area (Å²) in [4.78, 5) is 41.0. The molecule has 204 valence electrons. The van der Waals surface area contributed by atoms with E-state index in [9.17, 15) is 18.8 Å². The Hall–Kier alpha value is -3.46. The summed E-state index contributed by atoms with van der Waals surface area (Å²) < 4.78 is 19.4. The Morgan fingerprint density at radius 2 is 1.89 bits per heavy atom. The van der Waals surface area contributed by atoms with Gasteiger partial charge in [0.2, 0.25) is 11.8 Å². The standard InChI is InChI=1S/C29H37FN4O4/c1-20-19-38-25-10-3-2-9-23(25)26(35)32-14-5-4-11-29(28(37)33-20)12-15-34(16-13-29)27(36)24(31)18-21-7-6-8-22(30)17-21/h2-3,6-10,17,20,24H,4-5,11-16,18-19,31H2,1H3,(H,32,35)(H,33,37)/t20-,24+/m1/s1. The van der Waals surface area contributed by atoms with Gasteiger partial charge < -0.3 is 26.0 Å². The van der Waals surface area contributed by atoms with Gasteiger partial charge in [-0.2, -0.15) is 0 Å². The fraction of sp³-hybridized carbons (Fsp3) is 0.483. The van der Waals surface area contributed by atoms with Gasteiger partial charge in [-0.25, -0.2) is 4.39 Å². The molecule has 1 saturated heterocycles. The third-order valence-electron chi connectivity index (χ3n) is 7.54. The van der Waals surface area contributed by atoms with Gasteiger partial charge in [0.1, 0.15) is 18.2 Å². The summed E-state index contributed by atoms with van der Waals surface area (Å²) in [7, 11) is 0. The SMILES string of the molecule is C[C@@H]1COc2ccccc2C(=O)NCCCCC2(CCN(C(=O)[C@@H](N)Cc3cccc(F)c3)CC2)C(=O)N1. The molecule has 2 aliphatic heterocycles. The molecule has 0 saturated carbocycles. The Morgan fingerprint density at radius 1 is 1.13 bits per heavy atom. The van der Waals surface area contributed by atoms with Gasteiger partial charge in [0.15, 0.2) is 0 Å². The quantitative estimate of drug-likeness (QED) is 0.572. The van der Waals surface area contributed by atoms with Crippen LogP contribution in [0.4, 0.5) is 4.39 Å². The molecule has 0 unspecified atom stereocenters. The molecule has 2 aliphatic rings. The Kier molecular flexibility index (Phi) is 8.99. The monoisotopic (exact) mass is 524 g/mol. The number of nitrogens with two attached hydrogens (primary N) is 1. The lowest BCUT2D eigenvalue weighted by Crippen LogP contribution is -2.55. The molecule has 0 radical (unpaired) electrons. The van der Waals surface area contributed by atoms with Crippen molar-refractivity contribution in [2.24, 2.45) is 11.1 Å². The van der Waals surface area contributed by atoms with Crippen LogP contribution >= 0.6 is 0 Å². The summed E-state index contributed by atoms with van der Waals surface area (Å²) in [5.74, 6) is -0.261. The number of amides is 3. The maximum atomic E-state index is 13.6. The Labute approximate surface area is 223 Å². The zero-order valence-corrected chi connectivity index (χ0v) is 21.9. The predicted molar refractivity (Wildman–Crippen MR) is 142 cm³/mol. The summed E-state index contributed by atoms with van der Waals surface area (Å²) >= 11 is 0. The second-order valence-electron chi connectivity index (χ2n) is 10.4. The van der Waals surface area contributed by atoms with Crippen molar-refractivity contribution in [2.75, 3.05) is 26.2 Å². The van der Waals surface area contributed by atoms with E-state index in [0.717, 1.165) is 12.8 Å². The van der Waals surface area contributed by atoms with Gasteiger partial charge in [-0.3, -0.25) is 14.4 Å². The lowest BCUT2D eigenvalue weighted by molar-refractivity contribution is -0.142. The van der Waals surface area contributed by atoms with E-state index in [-0.39, 0.29) is 42.6 Å². The molecular formula is C29H37FN4O4. The highest BCUT2D eigenvalue weighted by molar-refractivity contribution is 5.96. The van der Waals surface area contributed by atoms with Crippen LogP contribution in [0.25, 0.3) is 0 Å². The topological polar surface area (TPSA) is 114 Å². The number of halogens is 1. The number of carbonyl (C=O) groups excluding carboxylic acids is 3. The van der Waals surface area contributed by atoms with Gasteiger partial charge >= 0.3 is 0 Å². The van der Waals surface area contributed by atoms with Crippen molar-refractivity contribution in [3.8, 4) is 5.75 Å². The van der Waals surface area contributed by atoms with E-state index >= 15 is 0 Å². The molecule has 9 heteroatoms. The summed E-state index contributed by atoms with van der Waals surface area (Å²) in [5.41, 5.74) is 6.74. The van der Waals surface area contributed by atoms with E-state index in [1.165, 1.54) is 12.1 Å². The number of piperidine rings is 1. The molecule has 2 aromatic rings. The molecule has 8 nitrogen and oxygen atoms in total. The normalized spacial score (nSPS) is 21.3. The summed E-state index contributed by atoms with van der Waals surface area (Å²) in [6, 6.07) is 12.2. The maximum absolute atomic E-state index is 13.6. The minimum atomic E-state index is -0.771. The molecule has 0 aliphatic carbocycles. The van der Waals surface area contributed by atoms with Crippen LogP contribution < -0.4 is 21.1 Å². The summed E-state index contributed by atoms with van der Waals surface area (Å²) in [5, 5.41) is 6.07. The zero-order chi connectivity index (χ0) is 27.1. The van der Waals surface area contributed by atoms with Crippen LogP contribution in [0.5, 0.6) is 5.75 Å². The molecule has 38 heavy (non-hydrogen) atoms. The number of likely N-dealkylation sites (tertiary alicyclic amines) is 1. The number of nitrogens with zero attached hydrogens (tertiary/aromatic N) is 1. The first-order chi connectivity index (χ1) is 18.3. The van der Waals surface area contributed by atoms with E-state index in [4.69, 9.17) is 10.5 Å². The minimum Gasteiger partial charge on any atom is -0.491 e. The largest absolute Gasteiger partial charge is 0.491 e. The highest BCUT2D eigenvalue weighted by Gasteiger charge is 2.42. The van der Waals surface area contributed by atoms with E-state index in [1.54, 1.807) is 35.2 Å². The molecule has 2 aromatic carbocycles. The van der Waals surface area contributed by atoms with E-state index in [2.05, 4.69) is 10.6 Å². The molecule has 1 spiro atoms. The van der Waals surface area contributed by atoms with Crippen LogP contribution in [-0.2, 0) is 16.0 Å². The van der Waals surface area contributed by atoms with Crippen LogP contribution in [0.3, 0.4) is 0 Å². The second-order valence-corrected chi connectivity index (χ2v) is 10.4. The van der Waals surface area contributed by atoms with Gasteiger partial charge in [-0.1, -0.05) is 30.7 Å². The molecular weight excluding hydrogens is 487 g/mol. The molecule has 0 aromatic heterocycles. The van der Waals surface area contributed by atoms with Crippen LogP contribution in [0.2, 0.25) is 0 Å². The fourth-order valence-electron chi connectivity index (χ4n) is 5.28. The van der Waals surface area contributed by atoms with Crippen LogP contribution in [0.15, 0.2) is 48.5 Å². The van der Waals surface area contributed by atoms with Gasteiger partial charge in [0.05, 0.1) is 23.1 Å². The Balaban J connectivity index is 1.40. The number of benzene rings is 2. The number of ether oxygens (including phenoxy) is 1. The van der Waals surface area contributed by atoms with Crippen molar-refractivity contribution in [2.45, 2.75) is 57.5 Å². The lowest BCUT2D eigenvalue weighted by Gasteiger charge is -2.42. The first-order valence-corrected chi connectivity index (χ1v) is 13.4. The lowest BCUT2D eigenvalue weighted by atomic mass is 9.73. The Morgan fingerprint density at radius 3 is 2.66 bits per heavy atom. The van der Waals surface area contributed by atoms with Crippen LogP contribution in [0.1, 0.15) is 54.9 Å². The maximum Gasteiger partial charge on any atom is 0.255 e. The average molecular weight is 525 g/mol. The second kappa shape index (κ2) is 12.4. The van der Waals surface area contributed by atoms with E-state index < -0.39 is 11.5 Å². The molecule has 2 atom stereocenters. The molecule has 4 rings (SSSR count). The van der Waals surface area contributed by atoms with Crippen LogP contribution in [-0.4, -0.2) is 60.9 Å². The highest BCUT2D eigenvalue weighted by atomic mass is 19.1.